The number of hydrogen-bond acceptors (Lipinski definition) is 6. The average molecular weight is 484 g/mol. The zero-order valence-corrected chi connectivity index (χ0v) is 19.7. The number of aryl methyl sites for hydroxylation is 2. The monoisotopic (exact) mass is 484 g/mol. The molecule has 6 heteroatoms. The average Bonchev–Trinajstić information content (AvgIpc) is 3.51. The van der Waals surface area contributed by atoms with Crippen LogP contribution in [0, 0.1) is 13.8 Å². The van der Waals surface area contributed by atoms with Crippen LogP contribution in [0.25, 0.3) is 22.3 Å². The summed E-state index contributed by atoms with van der Waals surface area (Å²) in [6.07, 6.45) is 0. The van der Waals surface area contributed by atoms with Gasteiger partial charge < -0.3 is 9.47 Å². The fraction of sp³-hybridized carbons (Fsp3) is 0.0968. The van der Waals surface area contributed by atoms with Crippen LogP contribution in [0.5, 0.6) is 0 Å². The molecule has 1 spiro atoms. The number of cyclic esters (lactones) is 4. The molecule has 2 heterocycles. The normalized spacial score (nSPS) is 16.7. The Balaban J connectivity index is 1.60. The molecule has 0 atom stereocenters. The molecule has 2 aliphatic heterocycles. The van der Waals surface area contributed by atoms with E-state index in [1.54, 1.807) is 24.3 Å². The van der Waals surface area contributed by atoms with Crippen molar-refractivity contribution in [2.45, 2.75) is 19.3 Å². The van der Waals surface area contributed by atoms with Gasteiger partial charge >= 0.3 is 23.9 Å². The Morgan fingerprint density at radius 2 is 0.784 bits per heavy atom. The van der Waals surface area contributed by atoms with Gasteiger partial charge in [-0.25, -0.2) is 19.2 Å². The summed E-state index contributed by atoms with van der Waals surface area (Å²) in [5, 5.41) is 0. The van der Waals surface area contributed by atoms with Crippen LogP contribution < -0.4 is 0 Å². The number of carbonyl (C=O) groups excluding carboxylic acids is 4. The van der Waals surface area contributed by atoms with Crippen molar-refractivity contribution in [3.05, 3.63) is 116 Å². The highest BCUT2D eigenvalue weighted by Gasteiger charge is 2.54. The maximum absolute atomic E-state index is 12.7. The Bertz CT molecular complexity index is 1740. The number of benzene rings is 4. The molecule has 2 aliphatic carbocycles. The van der Waals surface area contributed by atoms with Crippen molar-refractivity contribution in [2.75, 3.05) is 0 Å². The van der Waals surface area contributed by atoms with Crippen molar-refractivity contribution in [3.63, 3.8) is 0 Å². The molecule has 4 aromatic rings. The smallest absolute Gasteiger partial charge is 0.346 e. The molecule has 0 unspecified atom stereocenters. The van der Waals surface area contributed by atoms with Gasteiger partial charge in [0.05, 0.1) is 27.7 Å². The minimum Gasteiger partial charge on any atom is -0.386 e. The number of fused-ring (bicyclic) bond motifs is 12. The third kappa shape index (κ3) is 2.22. The maximum Gasteiger partial charge on any atom is 0.346 e. The largest absolute Gasteiger partial charge is 0.386 e. The van der Waals surface area contributed by atoms with Gasteiger partial charge in [0.2, 0.25) is 0 Å². The summed E-state index contributed by atoms with van der Waals surface area (Å²) < 4.78 is 9.87. The van der Waals surface area contributed by atoms with Gasteiger partial charge in [-0.3, -0.25) is 0 Å². The molecule has 0 amide bonds. The first-order chi connectivity index (χ1) is 17.8. The number of ether oxygens (including phenoxy) is 2. The minimum atomic E-state index is -0.866. The summed E-state index contributed by atoms with van der Waals surface area (Å²) in [5.41, 5.74) is 9.28. The van der Waals surface area contributed by atoms with E-state index in [2.05, 4.69) is 36.4 Å². The van der Waals surface area contributed by atoms with Crippen LogP contribution in [0.1, 0.15) is 74.8 Å². The van der Waals surface area contributed by atoms with Crippen LogP contribution in [0.3, 0.4) is 0 Å². The molecule has 0 saturated heterocycles. The van der Waals surface area contributed by atoms with E-state index in [0.29, 0.717) is 0 Å². The summed E-state index contributed by atoms with van der Waals surface area (Å²) in [7, 11) is 0. The Morgan fingerprint density at radius 1 is 0.432 bits per heavy atom. The molecule has 37 heavy (non-hydrogen) atoms. The van der Waals surface area contributed by atoms with Crippen LogP contribution >= 0.6 is 0 Å². The van der Waals surface area contributed by atoms with E-state index < -0.39 is 29.3 Å². The van der Waals surface area contributed by atoms with Gasteiger partial charge in [0.25, 0.3) is 0 Å². The molecule has 0 bridgehead atoms. The fourth-order valence-electron chi connectivity index (χ4n) is 6.61. The van der Waals surface area contributed by atoms with Gasteiger partial charge in [0.1, 0.15) is 0 Å². The van der Waals surface area contributed by atoms with E-state index in [9.17, 15) is 19.2 Å². The van der Waals surface area contributed by atoms with E-state index in [-0.39, 0.29) is 22.3 Å². The highest BCUT2D eigenvalue weighted by Crippen LogP contribution is 2.64. The Kier molecular flexibility index (Phi) is 3.46. The molecule has 4 aromatic carbocycles. The van der Waals surface area contributed by atoms with E-state index in [1.165, 1.54) is 0 Å². The second-order valence-corrected chi connectivity index (χ2v) is 10.1. The predicted octanol–water partition coefficient (Wildman–Crippen LogP) is 5.27. The van der Waals surface area contributed by atoms with Gasteiger partial charge in [-0.2, -0.15) is 0 Å². The maximum atomic E-state index is 12.7. The van der Waals surface area contributed by atoms with Crippen molar-refractivity contribution >= 4 is 23.9 Å². The van der Waals surface area contributed by atoms with E-state index in [0.717, 1.165) is 55.6 Å². The fourth-order valence-corrected chi connectivity index (χ4v) is 6.61. The second kappa shape index (κ2) is 6.28. The molecule has 0 saturated carbocycles. The van der Waals surface area contributed by atoms with E-state index >= 15 is 0 Å². The van der Waals surface area contributed by atoms with Crippen LogP contribution in [-0.4, -0.2) is 23.9 Å². The second-order valence-electron chi connectivity index (χ2n) is 10.1. The van der Waals surface area contributed by atoms with Crippen LogP contribution in [0.15, 0.2) is 60.7 Å². The molecule has 0 aromatic heterocycles. The van der Waals surface area contributed by atoms with Crippen LogP contribution in [0.2, 0.25) is 0 Å². The topological polar surface area (TPSA) is 86.7 Å². The summed E-state index contributed by atoms with van der Waals surface area (Å²) in [6, 6.07) is 19.5. The van der Waals surface area contributed by atoms with Gasteiger partial charge in [0, 0.05) is 0 Å². The molecule has 8 rings (SSSR count). The summed E-state index contributed by atoms with van der Waals surface area (Å²) in [6.45, 7) is 4.05. The highest BCUT2D eigenvalue weighted by atomic mass is 16.6. The summed E-state index contributed by atoms with van der Waals surface area (Å²) in [4.78, 5) is 50.3. The predicted molar refractivity (Wildman–Crippen MR) is 132 cm³/mol. The van der Waals surface area contributed by atoms with Gasteiger partial charge in [-0.05, 0) is 82.6 Å². The third-order valence-corrected chi connectivity index (χ3v) is 8.11. The lowest BCUT2D eigenvalue weighted by Crippen LogP contribution is -2.26. The van der Waals surface area contributed by atoms with Crippen LogP contribution in [0.4, 0.5) is 0 Å². The van der Waals surface area contributed by atoms with Crippen molar-refractivity contribution in [1.82, 2.24) is 0 Å². The lowest BCUT2D eigenvalue weighted by Gasteiger charge is -2.31. The molecule has 4 aliphatic rings. The van der Waals surface area contributed by atoms with Crippen molar-refractivity contribution in [3.8, 4) is 22.3 Å². The standard InChI is InChI=1S/C31H16O6/c1-13-3-5-15-16-6-4-14(2)8-24(16)31(23(15)7-13)25-11-21-19(27(32)36-29(21)34)9-17(25)18-10-20-22(12-26(18)31)30(35)37-28(20)33/h3-12H,1-2H3. The van der Waals surface area contributed by atoms with Crippen molar-refractivity contribution in [1.29, 1.82) is 0 Å². The van der Waals surface area contributed by atoms with E-state index in [4.69, 9.17) is 9.47 Å². The molecule has 176 valence electrons. The molecular weight excluding hydrogens is 468 g/mol. The summed E-state index contributed by atoms with van der Waals surface area (Å²) >= 11 is 0. The zero-order chi connectivity index (χ0) is 25.4. The van der Waals surface area contributed by atoms with Crippen molar-refractivity contribution < 1.29 is 28.7 Å². The lowest BCUT2D eigenvalue weighted by atomic mass is 9.69. The van der Waals surface area contributed by atoms with Gasteiger partial charge in [-0.1, -0.05) is 47.5 Å². The lowest BCUT2D eigenvalue weighted by molar-refractivity contribution is 0.0425. The zero-order valence-electron chi connectivity index (χ0n) is 19.7. The summed E-state index contributed by atoms with van der Waals surface area (Å²) in [5.74, 6) is -2.75. The first-order valence-corrected chi connectivity index (χ1v) is 11.9. The SMILES string of the molecule is Cc1ccc2c(c1)C1(c3cc(C)ccc3-2)c2cc3c(cc2-c2cc4c(cc21)C(=O)OC4=O)C(=O)OC3=O. The third-order valence-electron chi connectivity index (χ3n) is 8.11. The minimum absolute atomic E-state index is 0.192. The number of esters is 4. The molecular formula is C31H16O6. The number of hydrogen-bond donors (Lipinski definition) is 0. The van der Waals surface area contributed by atoms with Crippen molar-refractivity contribution in [2.24, 2.45) is 0 Å². The first kappa shape index (κ1) is 20.4. The molecule has 0 N–H and O–H groups in total. The van der Waals surface area contributed by atoms with Gasteiger partial charge in [0.15, 0.2) is 0 Å². The van der Waals surface area contributed by atoms with Gasteiger partial charge in [-0.15, -0.1) is 0 Å². The first-order valence-electron chi connectivity index (χ1n) is 11.9. The molecule has 0 radical (unpaired) electrons. The molecule has 6 nitrogen and oxygen atoms in total. The van der Waals surface area contributed by atoms with Crippen LogP contribution in [-0.2, 0) is 14.9 Å². The number of carbonyl (C=O) groups is 4. The molecule has 0 fully saturated rings. The Morgan fingerprint density at radius 3 is 1.19 bits per heavy atom. The Hall–Kier alpha value is -4.84. The quantitative estimate of drug-likeness (QED) is 0.216. The Labute approximate surface area is 210 Å². The highest BCUT2D eigenvalue weighted by molar-refractivity contribution is 6.18. The number of rotatable bonds is 0. The van der Waals surface area contributed by atoms with E-state index in [1.807, 2.05) is 13.8 Å².